The lowest BCUT2D eigenvalue weighted by Gasteiger charge is -2.13. The first-order valence-electron chi connectivity index (χ1n) is 8.16. The summed E-state index contributed by atoms with van der Waals surface area (Å²) < 4.78 is 21.3. The molecule has 0 aromatic heterocycles. The number of carbonyl (C=O) groups is 2. The zero-order valence-electron chi connectivity index (χ0n) is 15.6. The number of hydrogen-bond acceptors (Lipinski definition) is 8. The van der Waals surface area contributed by atoms with Gasteiger partial charge < -0.3 is 18.9 Å². The molecule has 1 amide bonds. The number of carbonyl (C=O) groups excluding carboxylic acids is 2. The number of nitrogens with zero attached hydrogens (tertiary/aromatic N) is 1. The van der Waals surface area contributed by atoms with Gasteiger partial charge in [-0.15, -0.1) is 0 Å². The maximum absolute atomic E-state index is 12.6. The highest BCUT2D eigenvalue weighted by Crippen LogP contribution is 2.40. The van der Waals surface area contributed by atoms with Gasteiger partial charge in [0.05, 0.1) is 32.8 Å². The van der Waals surface area contributed by atoms with Crippen LogP contribution in [0.4, 0.5) is 0 Å². The monoisotopic (exact) mass is 411 g/mol. The highest BCUT2D eigenvalue weighted by Gasteiger charge is 2.33. The smallest absolute Gasteiger partial charge is 0.326 e. The van der Waals surface area contributed by atoms with Gasteiger partial charge in [-0.2, -0.15) is 0 Å². The Balaban J connectivity index is 2.26. The predicted octanol–water partition coefficient (Wildman–Crippen LogP) is 2.87. The number of esters is 1. The molecule has 1 fully saturated rings. The number of thioether (sulfide) groups is 1. The van der Waals surface area contributed by atoms with Crippen LogP contribution in [0.15, 0.2) is 17.0 Å². The van der Waals surface area contributed by atoms with Gasteiger partial charge in [-0.25, -0.2) is 0 Å². The van der Waals surface area contributed by atoms with Gasteiger partial charge in [-0.05, 0) is 30.2 Å². The lowest BCUT2D eigenvalue weighted by molar-refractivity contribution is -0.146. The quantitative estimate of drug-likeness (QED) is 0.367. The molecule has 0 radical (unpaired) electrons. The summed E-state index contributed by atoms with van der Waals surface area (Å²) in [6.45, 7) is 2.01. The SMILES string of the molecule is CCCOC(=O)CN1C(=O)/C(=C/c2cc(OC)c(OC)c(OC)c2)SC1=S. The minimum absolute atomic E-state index is 0.197. The third kappa shape index (κ3) is 4.92. The highest BCUT2D eigenvalue weighted by molar-refractivity contribution is 8.26. The first-order valence-corrected chi connectivity index (χ1v) is 9.38. The van der Waals surface area contributed by atoms with E-state index in [1.54, 1.807) is 18.2 Å². The summed E-state index contributed by atoms with van der Waals surface area (Å²) in [5, 5.41) is 0. The van der Waals surface area contributed by atoms with E-state index in [1.165, 1.54) is 26.2 Å². The van der Waals surface area contributed by atoms with E-state index >= 15 is 0 Å². The van der Waals surface area contributed by atoms with Crippen LogP contribution in [0.1, 0.15) is 18.9 Å². The van der Waals surface area contributed by atoms with Crippen LogP contribution in [0.5, 0.6) is 17.2 Å². The van der Waals surface area contributed by atoms with Crippen molar-refractivity contribution in [3.8, 4) is 17.2 Å². The molecule has 146 valence electrons. The van der Waals surface area contributed by atoms with E-state index in [1.807, 2.05) is 6.92 Å². The Bertz CT molecular complexity index is 752. The van der Waals surface area contributed by atoms with Crippen molar-refractivity contribution in [3.63, 3.8) is 0 Å². The van der Waals surface area contributed by atoms with Gasteiger partial charge in [0.15, 0.2) is 11.5 Å². The van der Waals surface area contributed by atoms with Crippen LogP contribution in [0.2, 0.25) is 0 Å². The van der Waals surface area contributed by atoms with Crippen molar-refractivity contribution in [1.82, 2.24) is 4.90 Å². The van der Waals surface area contributed by atoms with Crippen molar-refractivity contribution in [2.45, 2.75) is 13.3 Å². The van der Waals surface area contributed by atoms with Crippen LogP contribution in [0.3, 0.4) is 0 Å². The number of hydrogen-bond donors (Lipinski definition) is 0. The third-order valence-electron chi connectivity index (χ3n) is 3.61. The van der Waals surface area contributed by atoms with Crippen LogP contribution in [0, 0.1) is 0 Å². The molecule has 1 aromatic carbocycles. The van der Waals surface area contributed by atoms with Gasteiger partial charge in [0.1, 0.15) is 10.9 Å². The molecule has 1 aliphatic rings. The molecule has 1 aliphatic heterocycles. The summed E-state index contributed by atoms with van der Waals surface area (Å²) in [6.07, 6.45) is 2.38. The van der Waals surface area contributed by atoms with Gasteiger partial charge in [-0.3, -0.25) is 14.5 Å². The van der Waals surface area contributed by atoms with Crippen LogP contribution in [-0.2, 0) is 14.3 Å². The van der Waals surface area contributed by atoms with Crippen LogP contribution in [-0.4, -0.2) is 55.6 Å². The maximum Gasteiger partial charge on any atom is 0.326 e. The second-order valence-electron chi connectivity index (χ2n) is 5.45. The number of ether oxygens (including phenoxy) is 4. The van der Waals surface area contributed by atoms with E-state index in [0.717, 1.165) is 11.8 Å². The Kier molecular flexibility index (Phi) is 7.49. The number of benzene rings is 1. The molecule has 1 saturated heterocycles. The summed E-state index contributed by atoms with van der Waals surface area (Å²) in [5.74, 6) is 0.584. The summed E-state index contributed by atoms with van der Waals surface area (Å²) in [7, 11) is 4.55. The van der Waals surface area contributed by atoms with Crippen molar-refractivity contribution >= 4 is 46.3 Å². The molecule has 9 heteroatoms. The lowest BCUT2D eigenvalue weighted by Crippen LogP contribution is -2.34. The zero-order valence-corrected chi connectivity index (χ0v) is 17.2. The van der Waals surface area contributed by atoms with E-state index in [4.69, 9.17) is 31.2 Å². The topological polar surface area (TPSA) is 74.3 Å². The van der Waals surface area contributed by atoms with E-state index < -0.39 is 5.97 Å². The molecule has 1 heterocycles. The van der Waals surface area contributed by atoms with E-state index in [-0.39, 0.29) is 12.5 Å². The van der Waals surface area contributed by atoms with Gasteiger partial charge >= 0.3 is 5.97 Å². The van der Waals surface area contributed by atoms with E-state index in [9.17, 15) is 9.59 Å². The number of amides is 1. The Morgan fingerprint density at radius 2 is 1.81 bits per heavy atom. The lowest BCUT2D eigenvalue weighted by atomic mass is 10.1. The Hall–Kier alpha value is -2.26. The molecular weight excluding hydrogens is 390 g/mol. The van der Waals surface area contributed by atoms with Gasteiger partial charge in [0.2, 0.25) is 5.75 Å². The first kappa shape index (κ1) is 21.0. The Morgan fingerprint density at radius 1 is 1.19 bits per heavy atom. The Labute approximate surface area is 167 Å². The molecule has 0 aliphatic carbocycles. The Morgan fingerprint density at radius 3 is 2.33 bits per heavy atom. The standard InChI is InChI=1S/C18H21NO6S2/c1-5-6-25-15(20)10-19-17(21)14(27-18(19)26)9-11-7-12(22-2)16(24-4)13(8-11)23-3/h7-9H,5-6,10H2,1-4H3/b14-9-. The third-order valence-corrected chi connectivity index (χ3v) is 4.99. The van der Waals surface area contributed by atoms with Gasteiger partial charge in [0.25, 0.3) is 5.91 Å². The normalized spacial score (nSPS) is 15.3. The molecule has 0 N–H and O–H groups in total. The van der Waals surface area contributed by atoms with Gasteiger partial charge in [-0.1, -0.05) is 30.9 Å². The fourth-order valence-electron chi connectivity index (χ4n) is 2.36. The molecule has 1 aromatic rings. The number of methoxy groups -OCH3 is 3. The van der Waals surface area contributed by atoms with Crippen LogP contribution < -0.4 is 14.2 Å². The van der Waals surface area contributed by atoms with Crippen LogP contribution >= 0.6 is 24.0 Å². The molecule has 0 spiro atoms. The molecule has 2 rings (SSSR count). The molecular formula is C18H21NO6S2. The highest BCUT2D eigenvalue weighted by atomic mass is 32.2. The summed E-state index contributed by atoms with van der Waals surface area (Å²) in [4.78, 5) is 26.1. The second-order valence-corrected chi connectivity index (χ2v) is 7.12. The van der Waals surface area contributed by atoms with Crippen molar-refractivity contribution in [2.24, 2.45) is 0 Å². The van der Waals surface area contributed by atoms with Crippen molar-refractivity contribution in [2.75, 3.05) is 34.5 Å². The second kappa shape index (κ2) is 9.61. The molecule has 7 nitrogen and oxygen atoms in total. The van der Waals surface area contributed by atoms with Crippen molar-refractivity contribution in [1.29, 1.82) is 0 Å². The van der Waals surface area contributed by atoms with Crippen molar-refractivity contribution in [3.05, 3.63) is 22.6 Å². The predicted molar refractivity (Wildman–Crippen MR) is 107 cm³/mol. The van der Waals surface area contributed by atoms with Gasteiger partial charge in [0, 0.05) is 0 Å². The number of thiocarbonyl (C=S) groups is 1. The molecule has 0 unspecified atom stereocenters. The minimum atomic E-state index is -0.484. The van der Waals surface area contributed by atoms with Crippen LogP contribution in [0.25, 0.3) is 6.08 Å². The average Bonchev–Trinajstić information content (AvgIpc) is 2.92. The largest absolute Gasteiger partial charge is 0.493 e. The average molecular weight is 412 g/mol. The molecule has 0 atom stereocenters. The fourth-order valence-corrected chi connectivity index (χ4v) is 3.62. The van der Waals surface area contributed by atoms with E-state index in [2.05, 4.69) is 0 Å². The fraction of sp³-hybridized carbons (Fsp3) is 0.389. The summed E-state index contributed by atoms with van der Waals surface area (Å²) in [6, 6.07) is 3.45. The molecule has 0 bridgehead atoms. The number of rotatable bonds is 8. The molecule has 0 saturated carbocycles. The summed E-state index contributed by atoms with van der Waals surface area (Å²) in [5.41, 5.74) is 0.679. The van der Waals surface area contributed by atoms with Crippen molar-refractivity contribution < 1.29 is 28.5 Å². The molecule has 27 heavy (non-hydrogen) atoms. The maximum atomic E-state index is 12.6. The minimum Gasteiger partial charge on any atom is -0.493 e. The zero-order chi connectivity index (χ0) is 20.0. The first-order chi connectivity index (χ1) is 12.9. The summed E-state index contributed by atoms with van der Waals surface area (Å²) >= 11 is 6.36. The van der Waals surface area contributed by atoms with E-state index in [0.29, 0.717) is 45.1 Å².